The van der Waals surface area contributed by atoms with Crippen molar-refractivity contribution in [1.29, 1.82) is 0 Å². The number of carbonyl (C=O) groups excluding carboxylic acids is 2. The topological polar surface area (TPSA) is 136 Å². The average Bonchev–Trinajstić information content (AvgIpc) is 3.87. The summed E-state index contributed by atoms with van der Waals surface area (Å²) in [4.78, 5) is 36.8. The minimum Gasteiger partial charge on any atom is -0.456 e. The van der Waals surface area contributed by atoms with Gasteiger partial charge in [-0.05, 0) is 51.8 Å². The summed E-state index contributed by atoms with van der Waals surface area (Å²) in [6, 6.07) is 33.8. The highest BCUT2D eigenvalue weighted by molar-refractivity contribution is 6.03. The molecule has 0 aliphatic heterocycles. The monoisotopic (exact) mass is 682 g/mol. The zero-order valence-corrected chi connectivity index (χ0v) is 29.5. The summed E-state index contributed by atoms with van der Waals surface area (Å²) >= 11 is 0. The number of aromatic nitrogens is 6. The fraction of sp³-hybridized carbons (Fsp3) is 0.268. The Balaban J connectivity index is 1.12. The van der Waals surface area contributed by atoms with Crippen LogP contribution in [0, 0.1) is 0 Å². The van der Waals surface area contributed by atoms with Gasteiger partial charge < -0.3 is 9.47 Å². The second-order valence-corrected chi connectivity index (χ2v) is 13.1. The normalized spacial score (nSPS) is 14.3. The summed E-state index contributed by atoms with van der Waals surface area (Å²) in [6.07, 6.45) is 0.978. The van der Waals surface area contributed by atoms with E-state index in [0.29, 0.717) is 59.3 Å². The molecular weight excluding hydrogens is 640 g/mol. The molecule has 0 bridgehead atoms. The van der Waals surface area contributed by atoms with Crippen LogP contribution in [-0.4, -0.2) is 59.4 Å². The van der Waals surface area contributed by atoms with Gasteiger partial charge >= 0.3 is 5.97 Å². The van der Waals surface area contributed by atoms with E-state index >= 15 is 0 Å². The van der Waals surface area contributed by atoms with Crippen LogP contribution in [-0.2, 0) is 9.47 Å². The highest BCUT2D eigenvalue weighted by Gasteiger charge is 2.38. The molecule has 2 heterocycles. The largest absolute Gasteiger partial charge is 0.456 e. The van der Waals surface area contributed by atoms with E-state index in [9.17, 15) is 9.59 Å². The summed E-state index contributed by atoms with van der Waals surface area (Å²) in [6.45, 7) is 9.51. The molecule has 0 aliphatic carbocycles. The summed E-state index contributed by atoms with van der Waals surface area (Å²) in [5, 5.41) is 14.7. The van der Waals surface area contributed by atoms with Gasteiger partial charge in [-0.25, -0.2) is 14.8 Å². The molecule has 4 aromatic carbocycles. The van der Waals surface area contributed by atoms with Crippen LogP contribution in [0.1, 0.15) is 74.6 Å². The molecule has 10 heteroatoms. The van der Waals surface area contributed by atoms with Crippen LogP contribution in [0.15, 0.2) is 109 Å². The molecule has 260 valence electrons. The molecule has 2 N–H and O–H groups in total. The fourth-order valence-corrected chi connectivity index (χ4v) is 6.05. The van der Waals surface area contributed by atoms with E-state index < -0.39 is 23.3 Å². The quantitative estimate of drug-likeness (QED) is 0.0860. The number of Topliss-reactive ketones (excluding diaryl/α,β-unsaturated/α-hetero) is 1. The fourth-order valence-electron chi connectivity index (χ4n) is 6.05. The summed E-state index contributed by atoms with van der Waals surface area (Å²) in [5.74, 6) is 1.67. The molecule has 0 aliphatic rings. The second-order valence-electron chi connectivity index (χ2n) is 13.1. The van der Waals surface area contributed by atoms with E-state index in [1.54, 1.807) is 30.3 Å². The number of benzene rings is 4. The van der Waals surface area contributed by atoms with Crippen molar-refractivity contribution < 1.29 is 19.1 Å². The van der Waals surface area contributed by atoms with Gasteiger partial charge in [-0.15, -0.1) is 0 Å². The number of hydrogen-bond donors (Lipinski definition) is 2. The molecule has 6 rings (SSSR count). The predicted molar refractivity (Wildman–Crippen MR) is 197 cm³/mol. The zero-order valence-electron chi connectivity index (χ0n) is 29.5. The molecule has 0 fully saturated rings. The first-order chi connectivity index (χ1) is 24.6. The molecule has 0 radical (unpaired) electrons. The van der Waals surface area contributed by atoms with Gasteiger partial charge in [-0.1, -0.05) is 105 Å². The van der Waals surface area contributed by atoms with Crippen molar-refractivity contribution in [3.05, 3.63) is 120 Å². The molecular formula is C41H42N6O4. The smallest absolute Gasteiger partial charge is 0.338 e. The number of rotatable bonds is 14. The lowest BCUT2D eigenvalue weighted by Gasteiger charge is -2.36. The third kappa shape index (κ3) is 8.02. The van der Waals surface area contributed by atoms with Gasteiger partial charge in [0.1, 0.15) is 11.2 Å². The maximum Gasteiger partial charge on any atom is 0.338 e. The standard InChI is InChI=1S/C41H42N6O4/c1-6-40(4,51-39(49)33-23-15-22-32(25-33)38-43-36(45-47-38)29-18-12-9-13-19-29)26-27(3)50-41(5,7-2)34(48)30-20-14-21-31(24-30)37-42-35(44-46-37)28-16-10-8-11-17-28/h8-25,27H,6-7,26H2,1-5H3,(H,42,44,46)(H,43,45,47). The summed E-state index contributed by atoms with van der Waals surface area (Å²) in [7, 11) is 0. The van der Waals surface area contributed by atoms with Crippen molar-refractivity contribution in [2.75, 3.05) is 0 Å². The number of nitrogens with one attached hydrogen (secondary N) is 2. The Bertz CT molecular complexity index is 2110. The molecule has 3 unspecified atom stereocenters. The maximum absolute atomic E-state index is 14.0. The number of ether oxygens (including phenoxy) is 2. The van der Waals surface area contributed by atoms with Crippen molar-refractivity contribution in [3.63, 3.8) is 0 Å². The number of esters is 1. The van der Waals surface area contributed by atoms with Crippen molar-refractivity contribution in [2.45, 2.75) is 71.2 Å². The Labute approximate surface area is 297 Å². The van der Waals surface area contributed by atoms with Crippen LogP contribution >= 0.6 is 0 Å². The summed E-state index contributed by atoms with van der Waals surface area (Å²) < 4.78 is 12.6. The van der Waals surface area contributed by atoms with Gasteiger partial charge in [-0.3, -0.25) is 15.0 Å². The van der Waals surface area contributed by atoms with E-state index in [4.69, 9.17) is 9.47 Å². The lowest BCUT2D eigenvalue weighted by Crippen LogP contribution is -2.43. The van der Waals surface area contributed by atoms with E-state index in [0.717, 1.165) is 16.7 Å². The van der Waals surface area contributed by atoms with E-state index in [1.807, 2.05) is 113 Å². The lowest BCUT2D eigenvalue weighted by molar-refractivity contribution is -0.0918. The van der Waals surface area contributed by atoms with Crippen LogP contribution < -0.4 is 0 Å². The van der Waals surface area contributed by atoms with E-state index in [1.165, 1.54) is 0 Å². The van der Waals surface area contributed by atoms with Crippen molar-refractivity contribution >= 4 is 11.8 Å². The van der Waals surface area contributed by atoms with Gasteiger partial charge in [0.05, 0.1) is 11.7 Å². The number of hydrogen-bond acceptors (Lipinski definition) is 8. The Morgan fingerprint density at radius 3 is 1.67 bits per heavy atom. The minimum atomic E-state index is -1.12. The van der Waals surface area contributed by atoms with Gasteiger partial charge in [-0.2, -0.15) is 10.2 Å². The number of H-pyrrole nitrogens is 2. The molecule has 0 saturated heterocycles. The third-order valence-corrected chi connectivity index (χ3v) is 9.23. The Kier molecular flexibility index (Phi) is 10.3. The Hall–Kier alpha value is -5.74. The number of carbonyl (C=O) groups is 2. The van der Waals surface area contributed by atoms with Gasteiger partial charge in [0.25, 0.3) is 0 Å². The molecule has 0 spiro atoms. The first-order valence-corrected chi connectivity index (χ1v) is 17.2. The highest BCUT2D eigenvalue weighted by Crippen LogP contribution is 2.31. The van der Waals surface area contributed by atoms with Crippen LogP contribution in [0.5, 0.6) is 0 Å². The number of aromatic amines is 2. The highest BCUT2D eigenvalue weighted by atomic mass is 16.6. The van der Waals surface area contributed by atoms with E-state index in [-0.39, 0.29) is 5.78 Å². The van der Waals surface area contributed by atoms with Gasteiger partial charge in [0, 0.05) is 34.2 Å². The van der Waals surface area contributed by atoms with Crippen molar-refractivity contribution in [2.24, 2.45) is 0 Å². The molecule has 0 amide bonds. The molecule has 3 atom stereocenters. The van der Waals surface area contributed by atoms with Crippen molar-refractivity contribution in [3.8, 4) is 45.6 Å². The Morgan fingerprint density at radius 2 is 1.16 bits per heavy atom. The minimum absolute atomic E-state index is 0.146. The Morgan fingerprint density at radius 1 is 0.667 bits per heavy atom. The predicted octanol–water partition coefficient (Wildman–Crippen LogP) is 8.76. The second kappa shape index (κ2) is 15.0. The molecule has 10 nitrogen and oxygen atoms in total. The number of nitrogens with zero attached hydrogens (tertiary/aromatic N) is 4. The van der Waals surface area contributed by atoms with Gasteiger partial charge in [0.15, 0.2) is 29.1 Å². The maximum atomic E-state index is 14.0. The van der Waals surface area contributed by atoms with Crippen LogP contribution in [0.3, 0.4) is 0 Å². The van der Waals surface area contributed by atoms with Crippen molar-refractivity contribution in [1.82, 2.24) is 30.4 Å². The third-order valence-electron chi connectivity index (χ3n) is 9.23. The summed E-state index contributed by atoms with van der Waals surface area (Å²) in [5.41, 5.74) is 2.18. The first-order valence-electron chi connectivity index (χ1n) is 17.2. The van der Waals surface area contributed by atoms with Crippen LogP contribution in [0.25, 0.3) is 45.6 Å². The molecule has 6 aromatic rings. The molecule has 0 saturated carbocycles. The van der Waals surface area contributed by atoms with Gasteiger partial charge in [0.2, 0.25) is 0 Å². The lowest BCUT2D eigenvalue weighted by atomic mass is 9.90. The molecule has 2 aromatic heterocycles. The zero-order chi connectivity index (χ0) is 36.0. The van der Waals surface area contributed by atoms with E-state index in [2.05, 4.69) is 30.4 Å². The first kappa shape index (κ1) is 35.1. The number of ketones is 1. The van der Waals surface area contributed by atoms with Crippen LogP contribution in [0.4, 0.5) is 0 Å². The molecule has 51 heavy (non-hydrogen) atoms. The average molecular weight is 683 g/mol. The SMILES string of the molecule is CCC(C)(CC(C)OC(C)(CC)C(=O)c1cccc(-c2n[nH]c(-c3ccccc3)n2)c1)OC(=O)c1cccc(-c2n[nH]c(-c3ccccc3)n2)c1. The van der Waals surface area contributed by atoms with Crippen LogP contribution in [0.2, 0.25) is 0 Å².